The molecule has 5 heteroatoms. The lowest BCUT2D eigenvalue weighted by molar-refractivity contribution is 0.0690. The first-order valence-corrected chi connectivity index (χ1v) is 7.42. The van der Waals surface area contributed by atoms with Gasteiger partial charge in [-0.1, -0.05) is 31.5 Å². The topological polar surface area (TPSA) is 59.4 Å². The number of carboxylic acids is 1. The maximum atomic E-state index is 11.1. The molecular weight excluding hydrogens is 274 g/mol. The Labute approximate surface area is 122 Å². The number of ether oxygens (including phenoxy) is 1. The lowest BCUT2D eigenvalue weighted by atomic mass is 10.2. The number of carbonyl (C=O) groups is 1. The highest BCUT2D eigenvalue weighted by atomic mass is 32.1. The molecule has 0 spiro atoms. The van der Waals surface area contributed by atoms with Crippen LogP contribution in [0.15, 0.2) is 30.3 Å². The molecule has 0 aliphatic carbocycles. The predicted octanol–water partition coefficient (Wildman–Crippen LogP) is 3.42. The van der Waals surface area contributed by atoms with Gasteiger partial charge in [-0.15, -0.1) is 11.3 Å². The monoisotopic (exact) mass is 291 g/mol. The predicted molar refractivity (Wildman–Crippen MR) is 78.7 cm³/mol. The minimum atomic E-state index is -0.945. The molecule has 1 aromatic heterocycles. The third-order valence-corrected chi connectivity index (χ3v) is 3.92. The van der Waals surface area contributed by atoms with E-state index in [4.69, 9.17) is 9.84 Å². The van der Waals surface area contributed by atoms with Crippen LogP contribution in [0.5, 0.6) is 5.75 Å². The molecule has 106 valence electrons. The number of nitrogens with zero attached hydrogens (tertiary/aromatic N) is 1. The Morgan fingerprint density at radius 3 is 2.70 bits per heavy atom. The van der Waals surface area contributed by atoms with Crippen molar-refractivity contribution in [2.24, 2.45) is 0 Å². The second kappa shape index (κ2) is 7.05. The van der Waals surface area contributed by atoms with E-state index in [1.165, 1.54) is 11.3 Å². The summed E-state index contributed by atoms with van der Waals surface area (Å²) in [6, 6.07) is 9.56. The van der Waals surface area contributed by atoms with Gasteiger partial charge in [-0.3, -0.25) is 0 Å². The molecule has 2 aromatic rings. The molecule has 0 atom stereocenters. The first-order valence-electron chi connectivity index (χ1n) is 6.60. The number of aromatic carboxylic acids is 1. The zero-order valence-electron chi connectivity index (χ0n) is 11.3. The average Bonchev–Trinajstić information content (AvgIpc) is 2.84. The number of aryl methyl sites for hydroxylation is 1. The van der Waals surface area contributed by atoms with Gasteiger partial charge in [0.15, 0.2) is 5.69 Å². The molecule has 1 heterocycles. The van der Waals surface area contributed by atoms with Gasteiger partial charge in [0.25, 0.3) is 0 Å². The Kier molecular flexibility index (Phi) is 5.12. The summed E-state index contributed by atoms with van der Waals surface area (Å²) >= 11 is 1.48. The van der Waals surface area contributed by atoms with Crippen LogP contribution in [-0.2, 0) is 12.8 Å². The molecule has 0 aliphatic rings. The fraction of sp³-hybridized carbons (Fsp3) is 0.333. The zero-order chi connectivity index (χ0) is 14.4. The van der Waals surface area contributed by atoms with Crippen LogP contribution in [0.4, 0.5) is 0 Å². The van der Waals surface area contributed by atoms with Crippen LogP contribution in [-0.4, -0.2) is 22.7 Å². The van der Waals surface area contributed by atoms with Crippen LogP contribution in [0.1, 0.15) is 33.7 Å². The maximum absolute atomic E-state index is 11.1. The van der Waals surface area contributed by atoms with E-state index in [1.54, 1.807) is 0 Å². The van der Waals surface area contributed by atoms with Crippen molar-refractivity contribution in [3.05, 3.63) is 45.9 Å². The number of aromatic nitrogens is 1. The van der Waals surface area contributed by atoms with E-state index in [0.717, 1.165) is 28.5 Å². The van der Waals surface area contributed by atoms with Gasteiger partial charge in [-0.25, -0.2) is 9.78 Å². The smallest absolute Gasteiger partial charge is 0.355 e. The van der Waals surface area contributed by atoms with Crippen molar-refractivity contribution in [3.63, 3.8) is 0 Å². The standard InChI is InChI=1S/C15H17NO3S/c1-2-6-12-14(15(17)18)16-13(20-12)9-10-19-11-7-4-3-5-8-11/h3-5,7-8H,2,6,9-10H2,1H3,(H,17,18). The summed E-state index contributed by atoms with van der Waals surface area (Å²) in [5.41, 5.74) is 0.201. The molecule has 0 aliphatic heterocycles. The van der Waals surface area contributed by atoms with E-state index in [2.05, 4.69) is 4.98 Å². The SMILES string of the molecule is CCCc1sc(CCOc2ccccc2)nc1C(=O)O. The van der Waals surface area contributed by atoms with Crippen LogP contribution < -0.4 is 4.74 Å². The van der Waals surface area contributed by atoms with Gasteiger partial charge in [0.2, 0.25) is 0 Å². The summed E-state index contributed by atoms with van der Waals surface area (Å²) in [5.74, 6) is -0.128. The lowest BCUT2D eigenvalue weighted by Crippen LogP contribution is -2.03. The van der Waals surface area contributed by atoms with Crippen molar-refractivity contribution >= 4 is 17.3 Å². The Morgan fingerprint density at radius 1 is 1.30 bits per heavy atom. The number of thiazole rings is 1. The number of carboxylic acid groups (broad SMARTS) is 1. The summed E-state index contributed by atoms with van der Waals surface area (Å²) in [6.07, 6.45) is 2.31. The Hall–Kier alpha value is -1.88. The number of hydrogen-bond donors (Lipinski definition) is 1. The van der Waals surface area contributed by atoms with Crippen molar-refractivity contribution in [3.8, 4) is 5.75 Å². The van der Waals surface area contributed by atoms with Crippen LogP contribution in [0, 0.1) is 0 Å². The van der Waals surface area contributed by atoms with Crippen molar-refractivity contribution < 1.29 is 14.6 Å². The van der Waals surface area contributed by atoms with Gasteiger partial charge < -0.3 is 9.84 Å². The van der Waals surface area contributed by atoms with Gasteiger partial charge in [-0.05, 0) is 18.6 Å². The summed E-state index contributed by atoms with van der Waals surface area (Å²) in [6.45, 7) is 2.53. The van der Waals surface area contributed by atoms with Crippen molar-refractivity contribution in [2.45, 2.75) is 26.2 Å². The van der Waals surface area contributed by atoms with Gasteiger partial charge in [0.1, 0.15) is 5.75 Å². The Bertz CT molecular complexity index is 566. The largest absolute Gasteiger partial charge is 0.493 e. The second-order valence-electron chi connectivity index (χ2n) is 4.35. The third-order valence-electron chi connectivity index (χ3n) is 2.75. The zero-order valence-corrected chi connectivity index (χ0v) is 12.2. The molecule has 0 fully saturated rings. The molecule has 0 bridgehead atoms. The molecule has 0 saturated carbocycles. The van der Waals surface area contributed by atoms with Crippen LogP contribution >= 0.6 is 11.3 Å². The highest BCUT2D eigenvalue weighted by molar-refractivity contribution is 7.11. The van der Waals surface area contributed by atoms with E-state index in [1.807, 2.05) is 37.3 Å². The molecule has 1 N–H and O–H groups in total. The molecule has 0 radical (unpaired) electrons. The van der Waals surface area contributed by atoms with Gasteiger partial charge in [0.05, 0.1) is 11.6 Å². The van der Waals surface area contributed by atoms with Crippen LogP contribution in [0.25, 0.3) is 0 Å². The summed E-state index contributed by atoms with van der Waals surface area (Å²) in [7, 11) is 0. The van der Waals surface area contributed by atoms with Gasteiger partial charge in [-0.2, -0.15) is 0 Å². The van der Waals surface area contributed by atoms with Gasteiger partial charge in [0, 0.05) is 11.3 Å². The number of hydrogen-bond acceptors (Lipinski definition) is 4. The highest BCUT2D eigenvalue weighted by Crippen LogP contribution is 2.21. The number of rotatable bonds is 7. The average molecular weight is 291 g/mol. The summed E-state index contributed by atoms with van der Waals surface area (Å²) < 4.78 is 5.60. The highest BCUT2D eigenvalue weighted by Gasteiger charge is 2.16. The van der Waals surface area contributed by atoms with Crippen LogP contribution in [0.3, 0.4) is 0 Å². The van der Waals surface area contributed by atoms with E-state index in [-0.39, 0.29) is 5.69 Å². The fourth-order valence-corrected chi connectivity index (χ4v) is 2.99. The van der Waals surface area contributed by atoms with E-state index < -0.39 is 5.97 Å². The molecule has 0 unspecified atom stereocenters. The molecule has 0 saturated heterocycles. The Morgan fingerprint density at radius 2 is 2.05 bits per heavy atom. The first kappa shape index (κ1) is 14.5. The minimum Gasteiger partial charge on any atom is -0.493 e. The molecule has 4 nitrogen and oxygen atoms in total. The van der Waals surface area contributed by atoms with E-state index in [0.29, 0.717) is 13.0 Å². The maximum Gasteiger partial charge on any atom is 0.355 e. The fourth-order valence-electron chi connectivity index (χ4n) is 1.84. The molecule has 2 rings (SSSR count). The lowest BCUT2D eigenvalue weighted by Gasteiger charge is -2.03. The summed E-state index contributed by atoms with van der Waals surface area (Å²) in [5, 5.41) is 9.94. The van der Waals surface area contributed by atoms with Crippen molar-refractivity contribution in [2.75, 3.05) is 6.61 Å². The quantitative estimate of drug-likeness (QED) is 0.849. The molecule has 20 heavy (non-hydrogen) atoms. The van der Waals surface area contributed by atoms with Gasteiger partial charge >= 0.3 is 5.97 Å². The normalized spacial score (nSPS) is 10.4. The van der Waals surface area contributed by atoms with Crippen molar-refractivity contribution in [1.29, 1.82) is 0 Å². The second-order valence-corrected chi connectivity index (χ2v) is 5.51. The summed E-state index contributed by atoms with van der Waals surface area (Å²) in [4.78, 5) is 16.2. The molecular formula is C15H17NO3S. The molecule has 1 aromatic carbocycles. The molecule has 0 amide bonds. The number of benzene rings is 1. The van der Waals surface area contributed by atoms with Crippen LogP contribution in [0.2, 0.25) is 0 Å². The number of para-hydroxylation sites is 1. The van der Waals surface area contributed by atoms with E-state index in [9.17, 15) is 4.79 Å². The minimum absolute atomic E-state index is 0.201. The Balaban J connectivity index is 1.96. The van der Waals surface area contributed by atoms with E-state index >= 15 is 0 Å². The van der Waals surface area contributed by atoms with Crippen molar-refractivity contribution in [1.82, 2.24) is 4.98 Å². The first-order chi connectivity index (χ1) is 9.70. The third kappa shape index (κ3) is 3.81.